The molecule has 1 rings (SSSR count). The van der Waals surface area contributed by atoms with Crippen LogP contribution in [0, 0.1) is 0 Å². The van der Waals surface area contributed by atoms with Crippen LogP contribution in [0.5, 0.6) is 6.08 Å². The maximum Gasteiger partial charge on any atom is 0.393 e. The molecule has 0 spiro atoms. The lowest BCUT2D eigenvalue weighted by Gasteiger charge is -2.21. The van der Waals surface area contributed by atoms with Crippen LogP contribution in [0.2, 0.25) is 0 Å². The highest BCUT2D eigenvalue weighted by Gasteiger charge is 2.16. The first-order chi connectivity index (χ1) is 7.57. The summed E-state index contributed by atoms with van der Waals surface area (Å²) in [4.78, 5) is 4.15. The van der Waals surface area contributed by atoms with E-state index in [1.54, 1.807) is 13.4 Å². The normalized spacial score (nSPS) is 11.8. The Hall–Kier alpha value is -1.07. The first-order valence-corrected chi connectivity index (χ1v) is 5.34. The van der Waals surface area contributed by atoms with E-state index in [2.05, 4.69) is 10.3 Å². The molecule has 92 valence electrons. The summed E-state index contributed by atoms with van der Waals surface area (Å²) >= 11 is 0. The van der Waals surface area contributed by atoms with Gasteiger partial charge in [-0.3, -0.25) is 0 Å². The molecule has 0 aliphatic carbocycles. The van der Waals surface area contributed by atoms with Crippen LogP contribution in [-0.2, 0) is 11.3 Å². The van der Waals surface area contributed by atoms with Gasteiger partial charge >= 0.3 is 6.08 Å². The fourth-order valence-corrected chi connectivity index (χ4v) is 1.10. The zero-order valence-corrected chi connectivity index (χ0v) is 10.4. The molecule has 0 saturated carbocycles. The van der Waals surface area contributed by atoms with Crippen molar-refractivity contribution in [3.05, 3.63) is 12.0 Å². The zero-order valence-electron chi connectivity index (χ0n) is 10.4. The molecule has 0 saturated heterocycles. The van der Waals surface area contributed by atoms with Crippen LogP contribution in [0.1, 0.15) is 26.0 Å². The third-order valence-corrected chi connectivity index (χ3v) is 2.37. The van der Waals surface area contributed by atoms with Crippen LogP contribution in [-0.4, -0.2) is 31.3 Å². The summed E-state index contributed by atoms with van der Waals surface area (Å²) in [6.45, 7) is 5.23. The minimum Gasteiger partial charge on any atom is -0.450 e. The van der Waals surface area contributed by atoms with Crippen LogP contribution in [0.3, 0.4) is 0 Å². The zero-order chi connectivity index (χ0) is 12.0. The number of nitrogens with one attached hydrogen (secondary N) is 1. The Labute approximate surface area is 96.1 Å². The number of hydrogen-bond acceptors (Lipinski definition) is 5. The van der Waals surface area contributed by atoms with E-state index in [1.807, 2.05) is 20.9 Å². The molecule has 0 aliphatic rings. The average Bonchev–Trinajstić information content (AvgIpc) is 2.66. The molecule has 1 aromatic heterocycles. The molecule has 0 fully saturated rings. The molecular formula is C11H20N2O3. The van der Waals surface area contributed by atoms with Crippen LogP contribution < -0.4 is 10.1 Å². The summed E-state index contributed by atoms with van der Waals surface area (Å²) in [7, 11) is 3.55. The minimum atomic E-state index is -0.180. The fourth-order valence-electron chi connectivity index (χ4n) is 1.10. The highest BCUT2D eigenvalue weighted by atomic mass is 16.6. The van der Waals surface area contributed by atoms with Crippen LogP contribution in [0.15, 0.2) is 10.7 Å². The van der Waals surface area contributed by atoms with Crippen LogP contribution in [0.4, 0.5) is 0 Å². The van der Waals surface area contributed by atoms with Crippen molar-refractivity contribution in [1.29, 1.82) is 0 Å². The summed E-state index contributed by atoms with van der Waals surface area (Å²) < 4.78 is 15.8. The van der Waals surface area contributed by atoms with E-state index in [0.29, 0.717) is 19.2 Å². The van der Waals surface area contributed by atoms with Crippen molar-refractivity contribution in [2.24, 2.45) is 0 Å². The van der Waals surface area contributed by atoms with Gasteiger partial charge in [-0.05, 0) is 20.9 Å². The second-order valence-corrected chi connectivity index (χ2v) is 4.20. The summed E-state index contributed by atoms with van der Waals surface area (Å²) in [5.74, 6) is 0. The summed E-state index contributed by atoms with van der Waals surface area (Å²) in [6, 6.07) is 0. The fraction of sp³-hybridized carbons (Fsp3) is 0.727. The number of aromatic nitrogens is 1. The lowest BCUT2D eigenvalue weighted by Crippen LogP contribution is -2.25. The topological polar surface area (TPSA) is 56.5 Å². The van der Waals surface area contributed by atoms with Gasteiger partial charge in [-0.2, -0.15) is 4.98 Å². The number of ether oxygens (including phenoxy) is 2. The maximum absolute atomic E-state index is 5.39. The third kappa shape index (κ3) is 4.20. The van der Waals surface area contributed by atoms with E-state index in [-0.39, 0.29) is 5.60 Å². The third-order valence-electron chi connectivity index (χ3n) is 2.37. The molecule has 0 unspecified atom stereocenters. The first-order valence-electron chi connectivity index (χ1n) is 5.34. The predicted octanol–water partition coefficient (Wildman–Crippen LogP) is 1.59. The van der Waals surface area contributed by atoms with Crippen molar-refractivity contribution >= 4 is 0 Å². The Bertz CT molecular complexity index is 310. The quantitative estimate of drug-likeness (QED) is 0.768. The molecule has 0 aromatic carbocycles. The van der Waals surface area contributed by atoms with Gasteiger partial charge in [0.25, 0.3) is 0 Å². The van der Waals surface area contributed by atoms with Crippen molar-refractivity contribution in [2.45, 2.75) is 32.4 Å². The Morgan fingerprint density at radius 3 is 2.88 bits per heavy atom. The number of rotatable bonds is 7. The molecule has 0 radical (unpaired) electrons. The van der Waals surface area contributed by atoms with Crippen molar-refractivity contribution in [3.8, 4) is 6.08 Å². The molecule has 0 aliphatic heterocycles. The van der Waals surface area contributed by atoms with Gasteiger partial charge in [0, 0.05) is 20.1 Å². The van der Waals surface area contributed by atoms with Crippen LogP contribution in [0.25, 0.3) is 0 Å². The van der Waals surface area contributed by atoms with E-state index in [1.165, 1.54) is 0 Å². The Balaban J connectivity index is 2.31. The number of oxazole rings is 1. The standard InChI is InChI=1S/C11H20N2O3/c1-11(2,14-4)5-6-15-10-13-9(7-12-3)8-16-10/h8,12H,5-7H2,1-4H3. The molecule has 5 heteroatoms. The van der Waals surface area contributed by atoms with E-state index >= 15 is 0 Å². The van der Waals surface area contributed by atoms with E-state index in [9.17, 15) is 0 Å². The van der Waals surface area contributed by atoms with E-state index < -0.39 is 0 Å². The van der Waals surface area contributed by atoms with Gasteiger partial charge in [0.05, 0.1) is 17.9 Å². The van der Waals surface area contributed by atoms with Crippen molar-refractivity contribution in [2.75, 3.05) is 20.8 Å². The molecule has 1 aromatic rings. The SMILES string of the molecule is CNCc1coc(OCCC(C)(C)OC)n1. The van der Waals surface area contributed by atoms with Crippen LogP contribution >= 0.6 is 0 Å². The number of nitrogens with zero attached hydrogens (tertiary/aromatic N) is 1. The highest BCUT2D eigenvalue weighted by molar-refractivity contribution is 4.99. The van der Waals surface area contributed by atoms with Gasteiger partial charge in [-0.25, -0.2) is 0 Å². The smallest absolute Gasteiger partial charge is 0.393 e. The van der Waals surface area contributed by atoms with Gasteiger partial charge in [0.15, 0.2) is 0 Å². The van der Waals surface area contributed by atoms with Crippen molar-refractivity contribution in [3.63, 3.8) is 0 Å². The molecule has 16 heavy (non-hydrogen) atoms. The molecule has 1 N–H and O–H groups in total. The minimum absolute atomic E-state index is 0.180. The summed E-state index contributed by atoms with van der Waals surface area (Å²) in [5.41, 5.74) is 0.656. The summed E-state index contributed by atoms with van der Waals surface area (Å²) in [5, 5.41) is 2.99. The Kier molecular flexibility index (Phi) is 4.76. The molecule has 5 nitrogen and oxygen atoms in total. The molecule has 0 atom stereocenters. The van der Waals surface area contributed by atoms with Gasteiger partial charge in [-0.15, -0.1) is 0 Å². The van der Waals surface area contributed by atoms with Crippen molar-refractivity contribution < 1.29 is 13.9 Å². The Morgan fingerprint density at radius 2 is 2.25 bits per heavy atom. The Morgan fingerprint density at radius 1 is 1.50 bits per heavy atom. The van der Waals surface area contributed by atoms with Gasteiger partial charge < -0.3 is 19.2 Å². The number of hydrogen-bond donors (Lipinski definition) is 1. The lowest BCUT2D eigenvalue weighted by atomic mass is 10.1. The molecular weight excluding hydrogens is 208 g/mol. The second-order valence-electron chi connectivity index (χ2n) is 4.20. The van der Waals surface area contributed by atoms with E-state index in [0.717, 1.165) is 12.1 Å². The molecule has 1 heterocycles. The number of methoxy groups -OCH3 is 1. The largest absolute Gasteiger partial charge is 0.450 e. The monoisotopic (exact) mass is 228 g/mol. The first kappa shape index (κ1) is 13.0. The molecule has 0 bridgehead atoms. The van der Waals surface area contributed by atoms with E-state index in [4.69, 9.17) is 13.9 Å². The van der Waals surface area contributed by atoms with Gasteiger partial charge in [0.1, 0.15) is 6.26 Å². The van der Waals surface area contributed by atoms with Gasteiger partial charge in [-0.1, -0.05) is 0 Å². The average molecular weight is 228 g/mol. The molecule has 0 amide bonds. The van der Waals surface area contributed by atoms with Crippen molar-refractivity contribution in [1.82, 2.24) is 10.3 Å². The van der Waals surface area contributed by atoms with Gasteiger partial charge in [0.2, 0.25) is 0 Å². The maximum atomic E-state index is 5.39. The highest BCUT2D eigenvalue weighted by Crippen LogP contribution is 2.15. The second kappa shape index (κ2) is 5.86. The lowest BCUT2D eigenvalue weighted by molar-refractivity contribution is 0.00291. The summed E-state index contributed by atoms with van der Waals surface area (Å²) in [6.07, 6.45) is 2.69. The predicted molar refractivity (Wildman–Crippen MR) is 60.5 cm³/mol.